The molecule has 4 nitrogen and oxygen atoms in total. The van der Waals surface area contributed by atoms with Crippen LogP contribution in [0.2, 0.25) is 0 Å². The normalized spacial score (nSPS) is 21.6. The molecule has 1 aliphatic carbocycles. The molecule has 5 heteroatoms. The Hall–Kier alpha value is -1.62. The van der Waals surface area contributed by atoms with Crippen LogP contribution in [0.25, 0.3) is 0 Å². The highest BCUT2D eigenvalue weighted by molar-refractivity contribution is 8.14. The maximum absolute atomic E-state index is 12.1. The van der Waals surface area contributed by atoms with Gasteiger partial charge in [0.2, 0.25) is 5.91 Å². The van der Waals surface area contributed by atoms with Gasteiger partial charge in [-0.2, -0.15) is 0 Å². The molecule has 0 spiro atoms. The highest BCUT2D eigenvalue weighted by Gasteiger charge is 2.32. The van der Waals surface area contributed by atoms with Crippen molar-refractivity contribution in [3.63, 3.8) is 0 Å². The zero-order valence-corrected chi connectivity index (χ0v) is 12.7. The van der Waals surface area contributed by atoms with Crippen molar-refractivity contribution in [1.29, 1.82) is 0 Å². The van der Waals surface area contributed by atoms with E-state index >= 15 is 0 Å². The molecule has 1 atom stereocenters. The van der Waals surface area contributed by atoms with E-state index in [-0.39, 0.29) is 22.1 Å². The molecule has 1 fully saturated rings. The Morgan fingerprint density at radius 1 is 1.29 bits per heavy atom. The van der Waals surface area contributed by atoms with E-state index in [1.165, 1.54) is 18.7 Å². The number of thioether (sulfide) groups is 1. The van der Waals surface area contributed by atoms with Crippen LogP contribution in [0, 0.1) is 0 Å². The Morgan fingerprint density at radius 2 is 2.10 bits per heavy atom. The van der Waals surface area contributed by atoms with Gasteiger partial charge in [-0.25, -0.2) is 0 Å². The lowest BCUT2D eigenvalue weighted by molar-refractivity contribution is -0.117. The van der Waals surface area contributed by atoms with Crippen LogP contribution in [0.15, 0.2) is 18.2 Å². The average Bonchev–Trinajstić information content (AvgIpc) is 2.78. The van der Waals surface area contributed by atoms with Crippen LogP contribution in [-0.4, -0.2) is 28.6 Å². The molecule has 0 bridgehead atoms. The van der Waals surface area contributed by atoms with Gasteiger partial charge in [-0.15, -0.1) is 0 Å². The fraction of sp³-hybridized carbons (Fsp3) is 0.438. The van der Waals surface area contributed by atoms with Crippen molar-refractivity contribution in [3.05, 3.63) is 29.3 Å². The molecule has 0 radical (unpaired) electrons. The van der Waals surface area contributed by atoms with E-state index in [9.17, 15) is 14.4 Å². The van der Waals surface area contributed by atoms with Crippen molar-refractivity contribution in [2.75, 3.05) is 11.4 Å². The molecule has 0 aromatic heterocycles. The summed E-state index contributed by atoms with van der Waals surface area (Å²) in [5.74, 6) is 0.247. The summed E-state index contributed by atoms with van der Waals surface area (Å²) in [4.78, 5) is 36.9. The number of carbonyl (C=O) groups is 3. The minimum Gasteiger partial charge on any atom is -0.311 e. The maximum Gasteiger partial charge on any atom is 0.228 e. The number of hydrogen-bond donors (Lipinski definition) is 0. The summed E-state index contributed by atoms with van der Waals surface area (Å²) >= 11 is 1.24. The van der Waals surface area contributed by atoms with Gasteiger partial charge in [0.1, 0.15) is 0 Å². The SMILES string of the molecule is CC(=O)SC1CC(=O)N(c2ccc3c(c2)CCCC3=O)C1. The van der Waals surface area contributed by atoms with Gasteiger partial charge in [-0.1, -0.05) is 11.8 Å². The zero-order chi connectivity index (χ0) is 15.0. The molecule has 1 aromatic carbocycles. The first kappa shape index (κ1) is 14.3. The molecule has 1 aliphatic heterocycles. The van der Waals surface area contributed by atoms with E-state index in [0.717, 1.165) is 29.7 Å². The van der Waals surface area contributed by atoms with Gasteiger partial charge in [0.05, 0.1) is 0 Å². The lowest BCUT2D eigenvalue weighted by Gasteiger charge is -2.21. The molecule has 1 aromatic rings. The summed E-state index contributed by atoms with van der Waals surface area (Å²) in [5.41, 5.74) is 2.69. The van der Waals surface area contributed by atoms with Crippen molar-refractivity contribution in [2.24, 2.45) is 0 Å². The molecule has 2 aliphatic rings. The minimum atomic E-state index is 0.0349. The molecular formula is C16H17NO3S. The number of benzene rings is 1. The summed E-state index contributed by atoms with van der Waals surface area (Å²) in [7, 11) is 0. The molecule has 0 saturated carbocycles. The van der Waals surface area contributed by atoms with Gasteiger partial charge in [-0.05, 0) is 36.6 Å². The molecule has 1 saturated heterocycles. The van der Waals surface area contributed by atoms with E-state index in [4.69, 9.17) is 0 Å². The zero-order valence-electron chi connectivity index (χ0n) is 11.9. The van der Waals surface area contributed by atoms with E-state index in [0.29, 0.717) is 19.4 Å². The fourth-order valence-electron chi connectivity index (χ4n) is 3.04. The van der Waals surface area contributed by atoms with Crippen LogP contribution in [0.3, 0.4) is 0 Å². The standard InChI is InChI=1S/C16H17NO3S/c1-10(18)21-13-8-16(20)17(9-13)12-5-6-14-11(7-12)3-2-4-15(14)19/h5-7,13H,2-4,8-9H2,1H3. The summed E-state index contributed by atoms with van der Waals surface area (Å²) in [6.45, 7) is 2.10. The number of hydrogen-bond acceptors (Lipinski definition) is 4. The van der Waals surface area contributed by atoms with Crippen molar-refractivity contribution in [1.82, 2.24) is 0 Å². The molecule has 3 rings (SSSR count). The Bertz CT molecular complexity index is 626. The summed E-state index contributed by atoms with van der Waals surface area (Å²) in [6.07, 6.45) is 2.79. The number of amides is 1. The van der Waals surface area contributed by atoms with Crippen LogP contribution >= 0.6 is 11.8 Å². The van der Waals surface area contributed by atoms with Gasteiger partial charge in [-0.3, -0.25) is 14.4 Å². The third kappa shape index (κ3) is 2.88. The second-order valence-corrected chi connectivity index (χ2v) is 7.04. The third-order valence-electron chi connectivity index (χ3n) is 3.97. The van der Waals surface area contributed by atoms with Crippen molar-refractivity contribution in [3.8, 4) is 0 Å². The number of nitrogens with zero attached hydrogens (tertiary/aromatic N) is 1. The number of fused-ring (bicyclic) bond motifs is 1. The summed E-state index contributed by atoms with van der Waals surface area (Å²) in [6, 6.07) is 5.65. The van der Waals surface area contributed by atoms with Crippen LogP contribution in [0.5, 0.6) is 0 Å². The van der Waals surface area contributed by atoms with E-state index < -0.39 is 0 Å². The van der Waals surface area contributed by atoms with Gasteiger partial charge < -0.3 is 4.90 Å². The molecule has 110 valence electrons. The number of anilines is 1. The lowest BCUT2D eigenvalue weighted by atomic mass is 9.90. The summed E-state index contributed by atoms with van der Waals surface area (Å²) in [5, 5.41) is 0.0818. The predicted octanol–water partition coefficient (Wildman–Crippen LogP) is 2.59. The van der Waals surface area contributed by atoms with Crippen LogP contribution in [0.1, 0.15) is 42.1 Å². The Morgan fingerprint density at radius 3 is 2.86 bits per heavy atom. The van der Waals surface area contributed by atoms with Crippen molar-refractivity contribution in [2.45, 2.75) is 37.9 Å². The highest BCUT2D eigenvalue weighted by atomic mass is 32.2. The lowest BCUT2D eigenvalue weighted by Crippen LogP contribution is -2.25. The molecule has 1 unspecified atom stereocenters. The van der Waals surface area contributed by atoms with E-state index in [1.54, 1.807) is 4.90 Å². The van der Waals surface area contributed by atoms with E-state index in [2.05, 4.69) is 0 Å². The van der Waals surface area contributed by atoms with Crippen molar-refractivity contribution < 1.29 is 14.4 Å². The topological polar surface area (TPSA) is 54.5 Å². The number of Topliss-reactive ketones (excluding diaryl/α,β-unsaturated/α-hetero) is 1. The quantitative estimate of drug-likeness (QED) is 0.842. The van der Waals surface area contributed by atoms with Gasteiger partial charge in [0.25, 0.3) is 0 Å². The molecule has 1 heterocycles. The maximum atomic E-state index is 12.1. The first-order valence-electron chi connectivity index (χ1n) is 7.18. The second-order valence-electron chi connectivity index (χ2n) is 5.56. The number of aryl methyl sites for hydroxylation is 1. The smallest absolute Gasteiger partial charge is 0.228 e. The minimum absolute atomic E-state index is 0.0349. The highest BCUT2D eigenvalue weighted by Crippen LogP contribution is 2.31. The number of ketones is 1. The Labute approximate surface area is 127 Å². The number of carbonyl (C=O) groups excluding carboxylic acids is 3. The van der Waals surface area contributed by atoms with Crippen LogP contribution in [-0.2, 0) is 16.0 Å². The van der Waals surface area contributed by atoms with Crippen molar-refractivity contribution >= 4 is 34.3 Å². The van der Waals surface area contributed by atoms with Gasteiger partial charge in [0.15, 0.2) is 10.9 Å². The van der Waals surface area contributed by atoms with Gasteiger partial charge >= 0.3 is 0 Å². The fourth-order valence-corrected chi connectivity index (χ4v) is 3.96. The molecule has 0 N–H and O–H groups in total. The third-order valence-corrected chi connectivity index (χ3v) is 4.95. The molecule has 21 heavy (non-hydrogen) atoms. The van der Waals surface area contributed by atoms with Gasteiger partial charge in [0, 0.05) is 42.8 Å². The van der Waals surface area contributed by atoms with Crippen LogP contribution < -0.4 is 4.90 Å². The number of rotatable bonds is 2. The summed E-state index contributed by atoms with van der Waals surface area (Å²) < 4.78 is 0. The second kappa shape index (κ2) is 5.64. The molecule has 1 amide bonds. The first-order valence-corrected chi connectivity index (χ1v) is 8.06. The largest absolute Gasteiger partial charge is 0.311 e. The average molecular weight is 303 g/mol. The Kier molecular flexibility index (Phi) is 3.85. The Balaban J connectivity index is 1.83. The molecular weight excluding hydrogens is 286 g/mol. The van der Waals surface area contributed by atoms with E-state index in [1.807, 2.05) is 18.2 Å². The predicted molar refractivity (Wildman–Crippen MR) is 82.7 cm³/mol. The first-order chi connectivity index (χ1) is 10.0. The monoisotopic (exact) mass is 303 g/mol. The van der Waals surface area contributed by atoms with Crippen LogP contribution in [0.4, 0.5) is 5.69 Å².